The van der Waals surface area contributed by atoms with Gasteiger partial charge in [0.25, 0.3) is 0 Å². The first-order chi connectivity index (χ1) is 15.9. The standard InChI is InChI=1S/C26H32ClN3O2S/c1-18(2)23(26(32)30-14-7-10-22(30)25-28-13-15-33-25)29-24(31)19(3)11-12-21(17-27)16-20-8-5-4-6-9-20/h4-6,8-9,11,13,15,17-18,22-23H,7,10,12,14,16H2,1-3H3,(H,29,31)/b19-11+,21-17+/t22-,23-/m0/s1. The average Bonchev–Trinajstić information content (AvgIpc) is 3.51. The number of aromatic nitrogens is 1. The molecule has 7 heteroatoms. The third-order valence-corrected chi connectivity index (χ3v) is 7.13. The number of allylic oxidation sites excluding steroid dienone is 2. The van der Waals surface area contributed by atoms with Crippen molar-refractivity contribution in [2.45, 2.75) is 58.5 Å². The van der Waals surface area contributed by atoms with E-state index >= 15 is 0 Å². The fraction of sp³-hybridized carbons (Fsp3) is 0.423. The molecule has 0 bridgehead atoms. The molecule has 3 rings (SSSR count). The molecule has 1 aromatic carbocycles. The first-order valence-electron chi connectivity index (χ1n) is 11.4. The van der Waals surface area contributed by atoms with Gasteiger partial charge >= 0.3 is 0 Å². The van der Waals surface area contributed by atoms with Crippen molar-refractivity contribution in [1.29, 1.82) is 0 Å². The van der Waals surface area contributed by atoms with E-state index in [1.807, 2.05) is 48.4 Å². The van der Waals surface area contributed by atoms with E-state index in [4.69, 9.17) is 11.6 Å². The Morgan fingerprint density at radius 2 is 2.06 bits per heavy atom. The Morgan fingerprint density at radius 3 is 2.70 bits per heavy atom. The molecule has 1 aliphatic heterocycles. The highest BCUT2D eigenvalue weighted by atomic mass is 35.5. The van der Waals surface area contributed by atoms with Crippen LogP contribution in [0.4, 0.5) is 0 Å². The molecule has 1 aromatic heterocycles. The lowest BCUT2D eigenvalue weighted by atomic mass is 10.0. The van der Waals surface area contributed by atoms with E-state index in [1.165, 1.54) is 5.56 Å². The van der Waals surface area contributed by atoms with Crippen LogP contribution in [0.1, 0.15) is 56.6 Å². The summed E-state index contributed by atoms with van der Waals surface area (Å²) in [5.41, 5.74) is 4.36. The number of nitrogens with zero attached hydrogens (tertiary/aromatic N) is 2. The summed E-state index contributed by atoms with van der Waals surface area (Å²) in [7, 11) is 0. The monoisotopic (exact) mass is 485 g/mol. The van der Waals surface area contributed by atoms with E-state index < -0.39 is 6.04 Å². The van der Waals surface area contributed by atoms with E-state index in [0.29, 0.717) is 18.5 Å². The lowest BCUT2D eigenvalue weighted by molar-refractivity contribution is -0.137. The summed E-state index contributed by atoms with van der Waals surface area (Å²) in [6, 6.07) is 9.52. The Hall–Kier alpha value is -2.44. The molecule has 0 spiro atoms. The highest BCUT2D eigenvalue weighted by Crippen LogP contribution is 2.34. The molecule has 2 amide bonds. The highest BCUT2D eigenvalue weighted by Gasteiger charge is 2.37. The highest BCUT2D eigenvalue weighted by molar-refractivity contribution is 7.09. The zero-order valence-corrected chi connectivity index (χ0v) is 21.0. The normalized spacial score (nSPS) is 18.0. The first kappa shape index (κ1) is 25.2. The predicted molar refractivity (Wildman–Crippen MR) is 135 cm³/mol. The molecule has 0 aliphatic carbocycles. The Labute approximate surface area is 205 Å². The molecular weight excluding hydrogens is 454 g/mol. The van der Waals surface area contributed by atoms with Gasteiger partial charge in [-0.05, 0) is 44.1 Å². The predicted octanol–water partition coefficient (Wildman–Crippen LogP) is 5.65. The fourth-order valence-electron chi connectivity index (χ4n) is 4.02. The van der Waals surface area contributed by atoms with E-state index in [9.17, 15) is 9.59 Å². The topological polar surface area (TPSA) is 62.3 Å². The van der Waals surface area contributed by atoms with Gasteiger partial charge in [-0.3, -0.25) is 9.59 Å². The van der Waals surface area contributed by atoms with Crippen LogP contribution in [0.2, 0.25) is 0 Å². The number of benzene rings is 1. The molecule has 1 N–H and O–H groups in total. The zero-order valence-electron chi connectivity index (χ0n) is 19.5. The summed E-state index contributed by atoms with van der Waals surface area (Å²) in [6.07, 6.45) is 6.82. The maximum absolute atomic E-state index is 13.4. The van der Waals surface area contributed by atoms with Crippen molar-refractivity contribution in [3.63, 3.8) is 0 Å². The van der Waals surface area contributed by atoms with Gasteiger partial charge in [0, 0.05) is 29.2 Å². The van der Waals surface area contributed by atoms with Crippen LogP contribution < -0.4 is 5.32 Å². The number of hydrogen-bond donors (Lipinski definition) is 1. The number of carbonyl (C=O) groups excluding carboxylic acids is 2. The molecule has 33 heavy (non-hydrogen) atoms. The van der Waals surface area contributed by atoms with E-state index in [-0.39, 0.29) is 23.8 Å². The average molecular weight is 486 g/mol. The summed E-state index contributed by atoms with van der Waals surface area (Å²) >= 11 is 7.60. The summed E-state index contributed by atoms with van der Waals surface area (Å²) in [6.45, 7) is 6.40. The van der Waals surface area contributed by atoms with Gasteiger partial charge < -0.3 is 10.2 Å². The van der Waals surface area contributed by atoms with Gasteiger partial charge in [0.1, 0.15) is 11.0 Å². The number of nitrogens with one attached hydrogen (secondary N) is 1. The minimum absolute atomic E-state index is 0.00157. The molecule has 2 heterocycles. The minimum atomic E-state index is -0.575. The van der Waals surface area contributed by atoms with Crippen LogP contribution >= 0.6 is 22.9 Å². The molecular formula is C26H32ClN3O2S. The third kappa shape index (κ3) is 6.78. The molecule has 0 radical (unpaired) electrons. The second kappa shape index (κ2) is 12.1. The molecule has 2 atom stereocenters. The van der Waals surface area contributed by atoms with Crippen molar-refractivity contribution in [2.24, 2.45) is 5.92 Å². The van der Waals surface area contributed by atoms with Crippen molar-refractivity contribution in [1.82, 2.24) is 15.2 Å². The number of rotatable bonds is 9. The number of amides is 2. The number of carbonyl (C=O) groups is 2. The molecule has 176 valence electrons. The summed E-state index contributed by atoms with van der Waals surface area (Å²) < 4.78 is 0. The molecule has 2 aromatic rings. The van der Waals surface area contributed by atoms with Gasteiger partial charge in [-0.15, -0.1) is 11.3 Å². The molecule has 0 saturated carbocycles. The van der Waals surface area contributed by atoms with Crippen molar-refractivity contribution in [3.8, 4) is 0 Å². The Bertz CT molecular complexity index is 986. The number of thiazole rings is 1. The molecule has 5 nitrogen and oxygen atoms in total. The van der Waals surface area contributed by atoms with Gasteiger partial charge in [-0.25, -0.2) is 4.98 Å². The van der Waals surface area contributed by atoms with E-state index in [2.05, 4.69) is 22.4 Å². The number of likely N-dealkylation sites (tertiary alicyclic amines) is 1. The van der Waals surface area contributed by atoms with Crippen LogP contribution in [0, 0.1) is 5.92 Å². The second-order valence-corrected chi connectivity index (χ2v) is 9.92. The molecule has 1 fully saturated rings. The molecule has 1 saturated heterocycles. The molecule has 0 unspecified atom stereocenters. The van der Waals surface area contributed by atoms with E-state index in [0.717, 1.165) is 29.8 Å². The van der Waals surface area contributed by atoms with Crippen molar-refractivity contribution >= 4 is 34.8 Å². The summed E-state index contributed by atoms with van der Waals surface area (Å²) in [5, 5.41) is 5.88. The van der Waals surface area contributed by atoms with Crippen LogP contribution in [0.3, 0.4) is 0 Å². The van der Waals surface area contributed by atoms with Crippen LogP contribution in [0.25, 0.3) is 0 Å². The third-order valence-electron chi connectivity index (χ3n) is 5.95. The number of halogens is 1. The van der Waals surface area contributed by atoms with Gasteiger partial charge in [0.05, 0.1) is 6.04 Å². The lowest BCUT2D eigenvalue weighted by Gasteiger charge is -2.30. The Kier molecular flexibility index (Phi) is 9.27. The van der Waals surface area contributed by atoms with Gasteiger partial charge in [0.15, 0.2) is 0 Å². The maximum Gasteiger partial charge on any atom is 0.247 e. The Balaban J connectivity index is 1.63. The smallest absolute Gasteiger partial charge is 0.247 e. The lowest BCUT2D eigenvalue weighted by Crippen LogP contribution is -2.51. The van der Waals surface area contributed by atoms with Crippen LogP contribution in [-0.2, 0) is 16.0 Å². The fourth-order valence-corrected chi connectivity index (χ4v) is 4.98. The molecule has 1 aliphatic rings. The second-order valence-electron chi connectivity index (χ2n) is 8.78. The van der Waals surface area contributed by atoms with Crippen molar-refractivity contribution < 1.29 is 9.59 Å². The van der Waals surface area contributed by atoms with Crippen LogP contribution in [-0.4, -0.2) is 34.3 Å². The van der Waals surface area contributed by atoms with Crippen LogP contribution in [0.15, 0.2) is 64.7 Å². The minimum Gasteiger partial charge on any atom is -0.340 e. The van der Waals surface area contributed by atoms with Crippen LogP contribution in [0.5, 0.6) is 0 Å². The van der Waals surface area contributed by atoms with Crippen molar-refractivity contribution in [3.05, 3.63) is 75.2 Å². The zero-order chi connectivity index (χ0) is 23.8. The summed E-state index contributed by atoms with van der Waals surface area (Å²) in [4.78, 5) is 32.6. The van der Waals surface area contributed by atoms with Crippen molar-refractivity contribution in [2.75, 3.05) is 6.54 Å². The summed E-state index contributed by atoms with van der Waals surface area (Å²) in [5.74, 6) is -0.280. The first-order valence-corrected chi connectivity index (χ1v) is 12.7. The Morgan fingerprint density at radius 1 is 1.30 bits per heavy atom. The van der Waals surface area contributed by atoms with E-state index in [1.54, 1.807) is 30.0 Å². The number of hydrogen-bond acceptors (Lipinski definition) is 4. The van der Waals surface area contributed by atoms with Gasteiger partial charge in [-0.1, -0.05) is 67.4 Å². The van der Waals surface area contributed by atoms with Gasteiger partial charge in [0.2, 0.25) is 11.8 Å². The van der Waals surface area contributed by atoms with Gasteiger partial charge in [-0.2, -0.15) is 0 Å². The quantitative estimate of drug-likeness (QED) is 0.467. The largest absolute Gasteiger partial charge is 0.340 e. The SMILES string of the molecule is C/C(=C\C/C(=C\Cl)Cc1ccccc1)C(=O)N[C@H](C(=O)N1CCC[C@H]1c1nccs1)C(C)C. The maximum atomic E-state index is 13.4.